The van der Waals surface area contributed by atoms with E-state index in [1.165, 1.54) is 32.4 Å². The number of nitrogens with zero attached hydrogens (tertiary/aromatic N) is 1. The highest BCUT2D eigenvalue weighted by Crippen LogP contribution is 2.27. The molecule has 0 heterocycles. The van der Waals surface area contributed by atoms with Crippen LogP contribution in [0.25, 0.3) is 0 Å². The Hall–Kier alpha value is -3.07. The number of nitriles is 1. The zero-order valence-electron chi connectivity index (χ0n) is 13.4. The molecule has 0 unspecified atom stereocenters. The van der Waals surface area contributed by atoms with Crippen LogP contribution in [0.3, 0.4) is 0 Å². The van der Waals surface area contributed by atoms with Crippen molar-refractivity contribution < 1.29 is 18.7 Å². The van der Waals surface area contributed by atoms with Gasteiger partial charge in [0.1, 0.15) is 23.2 Å². The van der Waals surface area contributed by atoms with Crippen LogP contribution in [0.2, 0.25) is 0 Å². The fraction of sp³-hybridized carbons (Fsp3) is 0.222. The first kappa shape index (κ1) is 17.3. The number of benzene rings is 2. The summed E-state index contributed by atoms with van der Waals surface area (Å²) in [7, 11) is 3.03. The second-order valence-electron chi connectivity index (χ2n) is 5.03. The van der Waals surface area contributed by atoms with Crippen LogP contribution >= 0.6 is 0 Å². The van der Waals surface area contributed by atoms with Crippen LogP contribution in [-0.4, -0.2) is 20.1 Å². The second kappa shape index (κ2) is 7.97. The second-order valence-corrected chi connectivity index (χ2v) is 5.03. The molecule has 0 fully saturated rings. The summed E-state index contributed by atoms with van der Waals surface area (Å²) in [6.45, 7) is 0. The summed E-state index contributed by atoms with van der Waals surface area (Å²) in [5.41, 5.74) is 0.701. The predicted octanol–water partition coefficient (Wildman–Crippen LogP) is 3.16. The minimum Gasteiger partial charge on any atom is -0.497 e. The van der Waals surface area contributed by atoms with E-state index >= 15 is 0 Å². The van der Waals surface area contributed by atoms with Crippen molar-refractivity contribution in [2.45, 2.75) is 6.42 Å². The fourth-order valence-corrected chi connectivity index (χ4v) is 2.24. The van der Waals surface area contributed by atoms with Crippen LogP contribution in [0, 0.1) is 23.1 Å². The van der Waals surface area contributed by atoms with Crippen molar-refractivity contribution in [3.8, 4) is 17.6 Å². The third-order valence-corrected chi connectivity index (χ3v) is 3.52. The Morgan fingerprint density at radius 1 is 1.25 bits per heavy atom. The maximum Gasteiger partial charge on any atom is 0.242 e. The quantitative estimate of drug-likeness (QED) is 0.884. The minimum absolute atomic E-state index is 0.0420. The number of hydrogen-bond acceptors (Lipinski definition) is 4. The molecule has 2 rings (SSSR count). The lowest BCUT2D eigenvalue weighted by molar-refractivity contribution is -0.118. The van der Waals surface area contributed by atoms with E-state index in [0.29, 0.717) is 17.1 Å². The van der Waals surface area contributed by atoms with Crippen molar-refractivity contribution in [1.82, 2.24) is 0 Å². The lowest BCUT2D eigenvalue weighted by atomic mass is 9.98. The Labute approximate surface area is 139 Å². The SMILES string of the molecule is COc1ccc(OC)c(C[C@@H](C#N)C(=O)Nc2ccccc2F)c1. The molecule has 124 valence electrons. The van der Waals surface area contributed by atoms with E-state index in [0.717, 1.165) is 0 Å². The molecular formula is C18H17FN2O3. The number of hydrogen-bond donors (Lipinski definition) is 1. The van der Waals surface area contributed by atoms with Crippen molar-refractivity contribution in [2.24, 2.45) is 5.92 Å². The van der Waals surface area contributed by atoms with Gasteiger partial charge in [0.15, 0.2) is 0 Å². The normalized spacial score (nSPS) is 11.2. The molecule has 1 atom stereocenters. The van der Waals surface area contributed by atoms with Crippen molar-refractivity contribution in [1.29, 1.82) is 5.26 Å². The first-order valence-corrected chi connectivity index (χ1v) is 7.25. The van der Waals surface area contributed by atoms with Gasteiger partial charge < -0.3 is 14.8 Å². The summed E-state index contributed by atoms with van der Waals surface area (Å²) in [5.74, 6) is -0.980. The third kappa shape index (κ3) is 4.02. The highest BCUT2D eigenvalue weighted by molar-refractivity contribution is 5.94. The highest BCUT2D eigenvalue weighted by Gasteiger charge is 2.21. The Bertz CT molecular complexity index is 771. The van der Waals surface area contributed by atoms with Gasteiger partial charge in [0.2, 0.25) is 5.91 Å². The van der Waals surface area contributed by atoms with E-state index in [1.54, 1.807) is 24.3 Å². The number of carbonyl (C=O) groups is 1. The molecule has 1 amide bonds. The van der Waals surface area contributed by atoms with Gasteiger partial charge in [-0.15, -0.1) is 0 Å². The van der Waals surface area contributed by atoms with Crippen molar-refractivity contribution in [3.05, 3.63) is 53.8 Å². The van der Waals surface area contributed by atoms with Gasteiger partial charge in [0.05, 0.1) is 26.0 Å². The molecule has 0 aliphatic carbocycles. The van der Waals surface area contributed by atoms with E-state index < -0.39 is 17.6 Å². The van der Waals surface area contributed by atoms with Crippen LogP contribution in [0.4, 0.5) is 10.1 Å². The maximum atomic E-state index is 13.6. The molecule has 0 aromatic heterocycles. The number of amides is 1. The van der Waals surface area contributed by atoms with Gasteiger partial charge >= 0.3 is 0 Å². The number of methoxy groups -OCH3 is 2. The van der Waals surface area contributed by atoms with Gasteiger partial charge in [-0.2, -0.15) is 5.26 Å². The van der Waals surface area contributed by atoms with Crippen molar-refractivity contribution in [3.63, 3.8) is 0 Å². The summed E-state index contributed by atoms with van der Waals surface area (Å²) in [5, 5.41) is 11.8. The van der Waals surface area contributed by atoms with Crippen molar-refractivity contribution >= 4 is 11.6 Å². The Kier molecular flexibility index (Phi) is 5.74. The number of para-hydroxylation sites is 1. The monoisotopic (exact) mass is 328 g/mol. The van der Waals surface area contributed by atoms with Crippen LogP contribution in [0.5, 0.6) is 11.5 Å². The standard InChI is InChI=1S/C18H17FN2O3/c1-23-14-7-8-17(24-2)12(10-14)9-13(11-20)18(22)21-16-6-4-3-5-15(16)19/h3-8,10,13H,9H2,1-2H3,(H,21,22)/t13-/m0/s1. The molecule has 0 saturated heterocycles. The van der Waals surface area contributed by atoms with Gasteiger partial charge in [-0.1, -0.05) is 12.1 Å². The molecule has 0 radical (unpaired) electrons. The van der Waals surface area contributed by atoms with Gasteiger partial charge in [-0.3, -0.25) is 4.79 Å². The third-order valence-electron chi connectivity index (χ3n) is 3.52. The molecule has 5 nitrogen and oxygen atoms in total. The summed E-state index contributed by atoms with van der Waals surface area (Å²) in [4.78, 5) is 12.3. The molecule has 0 aliphatic rings. The highest BCUT2D eigenvalue weighted by atomic mass is 19.1. The Morgan fingerprint density at radius 2 is 2.00 bits per heavy atom. The van der Waals surface area contributed by atoms with E-state index in [9.17, 15) is 14.4 Å². The summed E-state index contributed by atoms with van der Waals surface area (Å²) in [6, 6.07) is 12.9. The molecular weight excluding hydrogens is 311 g/mol. The first-order chi connectivity index (χ1) is 11.6. The maximum absolute atomic E-state index is 13.6. The topological polar surface area (TPSA) is 71.3 Å². The average Bonchev–Trinajstić information content (AvgIpc) is 2.61. The molecule has 2 aromatic rings. The molecule has 0 saturated carbocycles. The summed E-state index contributed by atoms with van der Waals surface area (Å²) in [6.07, 6.45) is 0.122. The largest absolute Gasteiger partial charge is 0.497 e. The van der Waals surface area contributed by atoms with Crippen LogP contribution in [0.15, 0.2) is 42.5 Å². The summed E-state index contributed by atoms with van der Waals surface area (Å²) >= 11 is 0. The van der Waals surface area contributed by atoms with E-state index in [2.05, 4.69) is 5.32 Å². The van der Waals surface area contributed by atoms with Crippen LogP contribution < -0.4 is 14.8 Å². The zero-order chi connectivity index (χ0) is 17.5. The number of rotatable bonds is 6. The van der Waals surface area contributed by atoms with Crippen LogP contribution in [-0.2, 0) is 11.2 Å². The van der Waals surface area contributed by atoms with Crippen molar-refractivity contribution in [2.75, 3.05) is 19.5 Å². The van der Waals surface area contributed by atoms with E-state index in [-0.39, 0.29) is 12.1 Å². The van der Waals surface area contributed by atoms with Gasteiger partial charge in [0.25, 0.3) is 0 Å². The first-order valence-electron chi connectivity index (χ1n) is 7.25. The number of ether oxygens (including phenoxy) is 2. The van der Waals surface area contributed by atoms with Crippen LogP contribution in [0.1, 0.15) is 5.56 Å². The zero-order valence-corrected chi connectivity index (χ0v) is 13.4. The molecule has 0 bridgehead atoms. The molecule has 6 heteroatoms. The fourth-order valence-electron chi connectivity index (χ4n) is 2.24. The average molecular weight is 328 g/mol. The van der Waals surface area contributed by atoms with E-state index in [1.807, 2.05) is 6.07 Å². The van der Waals surface area contributed by atoms with Gasteiger partial charge in [0, 0.05) is 6.42 Å². The number of nitrogens with one attached hydrogen (secondary N) is 1. The number of anilines is 1. The predicted molar refractivity (Wildman–Crippen MR) is 87.4 cm³/mol. The molecule has 0 spiro atoms. The Morgan fingerprint density at radius 3 is 2.62 bits per heavy atom. The minimum atomic E-state index is -0.995. The number of halogens is 1. The molecule has 2 aromatic carbocycles. The molecule has 0 aliphatic heterocycles. The lowest BCUT2D eigenvalue weighted by Crippen LogP contribution is -2.24. The molecule has 1 N–H and O–H groups in total. The van der Waals surface area contributed by atoms with E-state index in [4.69, 9.17) is 9.47 Å². The van der Waals surface area contributed by atoms with Gasteiger partial charge in [-0.05, 0) is 35.9 Å². The number of carbonyl (C=O) groups excluding carboxylic acids is 1. The van der Waals surface area contributed by atoms with Gasteiger partial charge in [-0.25, -0.2) is 4.39 Å². The molecule has 24 heavy (non-hydrogen) atoms. The lowest BCUT2D eigenvalue weighted by Gasteiger charge is -2.14. The Balaban J connectivity index is 2.19. The summed E-state index contributed by atoms with van der Waals surface area (Å²) < 4.78 is 24.0. The smallest absolute Gasteiger partial charge is 0.242 e.